The first kappa shape index (κ1) is 26.7. The Morgan fingerprint density at radius 2 is 2.03 bits per heavy atom. The Morgan fingerprint density at radius 3 is 2.81 bits per heavy atom. The van der Waals surface area contributed by atoms with Gasteiger partial charge in [0.05, 0.1) is 45.7 Å². The number of amides is 1. The van der Waals surface area contributed by atoms with Crippen LogP contribution in [0.1, 0.15) is 18.5 Å². The summed E-state index contributed by atoms with van der Waals surface area (Å²) in [6.07, 6.45) is 3.37. The zero-order chi connectivity index (χ0) is 24.4. The van der Waals surface area contributed by atoms with Gasteiger partial charge in [-0.3, -0.25) is 9.59 Å². The topological polar surface area (TPSA) is 101 Å². The molecule has 4 heterocycles. The summed E-state index contributed by atoms with van der Waals surface area (Å²) in [7, 11) is 1.62. The first-order chi connectivity index (χ1) is 17.0. The van der Waals surface area contributed by atoms with Crippen molar-refractivity contribution in [2.75, 3.05) is 37.8 Å². The van der Waals surface area contributed by atoms with Gasteiger partial charge in [0.15, 0.2) is 0 Å². The van der Waals surface area contributed by atoms with Gasteiger partial charge < -0.3 is 24.8 Å². The Morgan fingerprint density at radius 1 is 1.22 bits per heavy atom. The highest BCUT2D eigenvalue weighted by Crippen LogP contribution is 2.33. The van der Waals surface area contributed by atoms with E-state index in [2.05, 4.69) is 25.5 Å². The van der Waals surface area contributed by atoms with Crippen LogP contribution in [0, 0.1) is 0 Å². The molecular formula is C24H28Cl2N6O3S. The molecule has 0 atom stereocenters. The minimum atomic E-state index is -0.105. The fourth-order valence-corrected chi connectivity index (χ4v) is 5.56. The lowest BCUT2D eigenvalue weighted by molar-refractivity contribution is -0.113. The number of ether oxygens (including phenoxy) is 1. The average molecular weight is 552 g/mol. The molecule has 0 aliphatic carbocycles. The molecule has 2 aromatic heterocycles. The van der Waals surface area contributed by atoms with Crippen molar-refractivity contribution < 1.29 is 9.53 Å². The largest absolute Gasteiger partial charge is 0.497 e. The molecule has 0 unspecified atom stereocenters. The van der Waals surface area contributed by atoms with Gasteiger partial charge in [0.1, 0.15) is 11.6 Å². The van der Waals surface area contributed by atoms with Gasteiger partial charge in [0, 0.05) is 31.7 Å². The maximum Gasteiger partial charge on any atom is 0.269 e. The van der Waals surface area contributed by atoms with Crippen LogP contribution < -0.4 is 20.9 Å². The van der Waals surface area contributed by atoms with Gasteiger partial charge in [-0.1, -0.05) is 11.6 Å². The summed E-state index contributed by atoms with van der Waals surface area (Å²) in [6, 6.07) is 7.83. The Bertz CT molecular complexity index is 1310. The number of thioether (sulfide) groups is 1. The molecular weight excluding hydrogens is 523 g/mol. The van der Waals surface area contributed by atoms with Crippen LogP contribution in [0.4, 0.5) is 5.82 Å². The number of halogens is 2. The number of carbonyl (C=O) groups excluding carboxylic acids is 1. The molecule has 0 bridgehead atoms. The van der Waals surface area contributed by atoms with E-state index in [1.165, 1.54) is 18.0 Å². The second kappa shape index (κ2) is 11.8. The maximum absolute atomic E-state index is 12.5. The number of benzene rings is 1. The average Bonchev–Trinajstić information content (AvgIpc) is 2.87. The predicted molar refractivity (Wildman–Crippen MR) is 145 cm³/mol. The molecule has 5 rings (SSSR count). The number of methoxy groups -OCH3 is 1. The fourth-order valence-electron chi connectivity index (χ4n) is 4.49. The van der Waals surface area contributed by atoms with Gasteiger partial charge in [-0.15, -0.1) is 24.2 Å². The van der Waals surface area contributed by atoms with Gasteiger partial charge >= 0.3 is 0 Å². The van der Waals surface area contributed by atoms with Crippen molar-refractivity contribution in [2.24, 2.45) is 0 Å². The number of hydrogen-bond donors (Lipinski definition) is 2. The Balaban J connectivity index is 0.00000304. The van der Waals surface area contributed by atoms with Gasteiger partial charge in [-0.05, 0) is 44.1 Å². The molecule has 192 valence electrons. The van der Waals surface area contributed by atoms with Crippen molar-refractivity contribution in [2.45, 2.75) is 36.9 Å². The van der Waals surface area contributed by atoms with E-state index < -0.39 is 0 Å². The zero-order valence-corrected chi connectivity index (χ0v) is 22.2. The van der Waals surface area contributed by atoms with Gasteiger partial charge in [0.2, 0.25) is 5.91 Å². The minimum Gasteiger partial charge on any atom is -0.497 e. The van der Waals surface area contributed by atoms with E-state index in [0.29, 0.717) is 41.5 Å². The van der Waals surface area contributed by atoms with Gasteiger partial charge in [-0.2, -0.15) is 0 Å². The third-order valence-corrected chi connectivity index (χ3v) is 7.83. The quantitative estimate of drug-likeness (QED) is 0.462. The normalized spacial score (nSPS) is 16.3. The number of rotatable bonds is 7. The third kappa shape index (κ3) is 5.95. The highest BCUT2D eigenvalue weighted by Gasteiger charge is 2.22. The van der Waals surface area contributed by atoms with E-state index in [-0.39, 0.29) is 23.9 Å². The first-order valence-electron chi connectivity index (χ1n) is 11.6. The summed E-state index contributed by atoms with van der Waals surface area (Å²) >= 11 is 7.89. The van der Waals surface area contributed by atoms with E-state index in [1.807, 2.05) is 24.3 Å². The fraction of sp³-hybridized carbons (Fsp3) is 0.417. The van der Waals surface area contributed by atoms with Crippen LogP contribution in [0.3, 0.4) is 0 Å². The molecule has 36 heavy (non-hydrogen) atoms. The summed E-state index contributed by atoms with van der Waals surface area (Å²) < 4.78 is 7.10. The standard InChI is InChI=1S/C24H27ClN6O3S.ClH/c1-34-16-2-3-18-20(10-16)31(23(33)13-27-18)9-8-30-6-4-15(5-7-30)26-12-19-17(25)11-21-24(28-19)29-22(32)14-35-21;/h2-3,10-11,13,15,26H,4-9,12,14H2,1H3,(H,28,29,32);1H. The maximum atomic E-state index is 12.5. The number of likely N-dealkylation sites (tertiary alicyclic amines) is 1. The van der Waals surface area contributed by atoms with E-state index in [0.717, 1.165) is 54.1 Å². The van der Waals surface area contributed by atoms with E-state index in [9.17, 15) is 9.59 Å². The van der Waals surface area contributed by atoms with E-state index >= 15 is 0 Å². The van der Waals surface area contributed by atoms with Crippen molar-refractivity contribution in [3.63, 3.8) is 0 Å². The second-order valence-corrected chi connectivity index (χ2v) is 10.1. The Hall–Kier alpha value is -2.37. The van der Waals surface area contributed by atoms with E-state index in [4.69, 9.17) is 16.3 Å². The zero-order valence-electron chi connectivity index (χ0n) is 19.8. The highest BCUT2D eigenvalue weighted by atomic mass is 35.5. The third-order valence-electron chi connectivity index (χ3n) is 6.47. The number of carbonyl (C=O) groups is 1. The van der Waals surface area contributed by atoms with Crippen molar-refractivity contribution in [1.82, 2.24) is 24.8 Å². The summed E-state index contributed by atoms with van der Waals surface area (Å²) in [5.74, 6) is 1.66. The van der Waals surface area contributed by atoms with Crippen LogP contribution in [-0.2, 0) is 17.9 Å². The molecule has 9 nitrogen and oxygen atoms in total. The van der Waals surface area contributed by atoms with E-state index in [1.54, 1.807) is 11.7 Å². The van der Waals surface area contributed by atoms with Gasteiger partial charge in [0.25, 0.3) is 5.56 Å². The number of nitrogens with zero attached hydrogens (tertiary/aromatic N) is 4. The lowest BCUT2D eigenvalue weighted by Gasteiger charge is -2.32. The molecule has 2 aliphatic rings. The Labute approximate surface area is 224 Å². The molecule has 2 N–H and O–H groups in total. The number of anilines is 1. The molecule has 1 amide bonds. The molecule has 0 spiro atoms. The first-order valence-corrected chi connectivity index (χ1v) is 13.0. The molecule has 1 fully saturated rings. The van der Waals surface area contributed by atoms with Gasteiger partial charge in [-0.25, -0.2) is 9.97 Å². The molecule has 3 aromatic rings. The van der Waals surface area contributed by atoms with Crippen LogP contribution in [0.25, 0.3) is 11.0 Å². The highest BCUT2D eigenvalue weighted by molar-refractivity contribution is 8.00. The molecule has 1 aromatic carbocycles. The van der Waals surface area contributed by atoms with Crippen LogP contribution in [0.5, 0.6) is 5.75 Å². The summed E-state index contributed by atoms with van der Waals surface area (Å²) in [5.41, 5.74) is 2.21. The predicted octanol–water partition coefficient (Wildman–Crippen LogP) is 3.17. The van der Waals surface area contributed by atoms with Crippen molar-refractivity contribution >= 4 is 58.5 Å². The molecule has 0 saturated carbocycles. The molecule has 2 aliphatic heterocycles. The molecule has 0 radical (unpaired) electrons. The molecule has 1 saturated heterocycles. The Kier molecular flexibility index (Phi) is 8.74. The lowest BCUT2D eigenvalue weighted by Crippen LogP contribution is -2.43. The van der Waals surface area contributed by atoms with Crippen LogP contribution in [0.15, 0.2) is 40.2 Å². The SMILES string of the molecule is COc1ccc2ncc(=O)n(CCN3CCC(NCc4nc5c(cc4Cl)SCC(=O)N5)CC3)c2c1.Cl. The second-order valence-electron chi connectivity index (χ2n) is 8.70. The van der Waals surface area contributed by atoms with Crippen LogP contribution in [0.2, 0.25) is 5.02 Å². The number of pyridine rings is 1. The number of nitrogens with one attached hydrogen (secondary N) is 2. The van der Waals surface area contributed by atoms with Crippen LogP contribution in [-0.4, -0.2) is 63.9 Å². The van der Waals surface area contributed by atoms with Crippen LogP contribution >= 0.6 is 35.8 Å². The molecule has 12 heteroatoms. The lowest BCUT2D eigenvalue weighted by atomic mass is 10.0. The van der Waals surface area contributed by atoms with Crippen molar-refractivity contribution in [1.29, 1.82) is 0 Å². The number of aromatic nitrogens is 3. The number of piperidine rings is 1. The summed E-state index contributed by atoms with van der Waals surface area (Å²) in [4.78, 5) is 36.3. The minimum absolute atomic E-state index is 0. The van der Waals surface area contributed by atoms with Crippen molar-refractivity contribution in [3.8, 4) is 5.75 Å². The monoisotopic (exact) mass is 550 g/mol. The number of fused-ring (bicyclic) bond motifs is 2. The summed E-state index contributed by atoms with van der Waals surface area (Å²) in [5, 5.41) is 7.00. The summed E-state index contributed by atoms with van der Waals surface area (Å²) in [6.45, 7) is 3.82. The number of hydrogen-bond acceptors (Lipinski definition) is 8. The smallest absolute Gasteiger partial charge is 0.269 e. The van der Waals surface area contributed by atoms with Crippen molar-refractivity contribution in [3.05, 3.63) is 51.5 Å².